The Morgan fingerprint density at radius 3 is 2.64 bits per heavy atom. The second-order valence-corrected chi connectivity index (χ2v) is 9.38. The molecule has 1 aliphatic rings. The van der Waals surface area contributed by atoms with Gasteiger partial charge < -0.3 is 14.6 Å². The van der Waals surface area contributed by atoms with Gasteiger partial charge in [-0.15, -0.1) is 0 Å². The molecule has 1 aliphatic heterocycles. The highest BCUT2D eigenvalue weighted by Crippen LogP contribution is 2.36. The van der Waals surface area contributed by atoms with Gasteiger partial charge in [-0.2, -0.15) is 17.6 Å². The number of nitrogens with one attached hydrogen (secondary N) is 1. The van der Waals surface area contributed by atoms with E-state index in [1.807, 2.05) is 0 Å². The van der Waals surface area contributed by atoms with Crippen molar-refractivity contribution in [3.63, 3.8) is 0 Å². The molecule has 0 radical (unpaired) electrons. The molecule has 1 fully saturated rings. The summed E-state index contributed by atoms with van der Waals surface area (Å²) in [7, 11) is -0.0994. The zero-order valence-electron chi connectivity index (χ0n) is 19.4. The Morgan fingerprint density at radius 2 is 2.00 bits per heavy atom. The molecule has 3 atom stereocenters. The van der Waals surface area contributed by atoms with Gasteiger partial charge in [0.25, 0.3) is 5.88 Å². The molecule has 0 aromatic carbocycles. The molecule has 36 heavy (non-hydrogen) atoms. The standard InChI is InChI=1S/C21H22F5N7O2S/c1-11-29-15(10-33(11)16-4-6-27-19(35-2)17(16)23)18-12(21(24,25)26)8-28-20(31-18)30-14-5-7-32(36(3)34)9-13(14)22/h4,6,8,10,13-14H,5,7,9H2,1-3H3,(H,28,30,31). The highest BCUT2D eigenvalue weighted by molar-refractivity contribution is 7.81. The van der Waals surface area contributed by atoms with Crippen molar-refractivity contribution >= 4 is 16.9 Å². The van der Waals surface area contributed by atoms with E-state index < -0.39 is 46.5 Å². The number of aromatic nitrogens is 5. The lowest BCUT2D eigenvalue weighted by Crippen LogP contribution is -2.48. The van der Waals surface area contributed by atoms with Crippen LogP contribution in [0.15, 0.2) is 24.7 Å². The van der Waals surface area contributed by atoms with Gasteiger partial charge in [0.2, 0.25) is 11.8 Å². The number of anilines is 1. The zero-order valence-corrected chi connectivity index (χ0v) is 20.2. The summed E-state index contributed by atoms with van der Waals surface area (Å²) in [5.41, 5.74) is -1.92. The summed E-state index contributed by atoms with van der Waals surface area (Å²) in [6, 6.07) is 0.539. The molecule has 0 bridgehead atoms. The molecule has 4 heterocycles. The predicted octanol–water partition coefficient (Wildman–Crippen LogP) is 3.32. The molecule has 0 amide bonds. The second-order valence-electron chi connectivity index (χ2n) is 8.02. The van der Waals surface area contributed by atoms with Gasteiger partial charge in [-0.1, -0.05) is 0 Å². The Kier molecular flexibility index (Phi) is 7.22. The Bertz CT molecular complexity index is 1290. The van der Waals surface area contributed by atoms with Crippen LogP contribution >= 0.6 is 0 Å². The highest BCUT2D eigenvalue weighted by atomic mass is 32.2. The Labute approximate surface area is 205 Å². The minimum atomic E-state index is -4.81. The summed E-state index contributed by atoms with van der Waals surface area (Å²) < 4.78 is 89.9. The van der Waals surface area contributed by atoms with Crippen LogP contribution in [0.3, 0.4) is 0 Å². The van der Waals surface area contributed by atoms with E-state index in [0.29, 0.717) is 12.7 Å². The fourth-order valence-corrected chi connectivity index (χ4v) is 4.58. The van der Waals surface area contributed by atoms with Crippen LogP contribution < -0.4 is 10.1 Å². The van der Waals surface area contributed by atoms with E-state index in [1.165, 1.54) is 47.6 Å². The number of methoxy groups -OCH3 is 1. The predicted molar refractivity (Wildman–Crippen MR) is 121 cm³/mol. The largest absolute Gasteiger partial charge is 0.479 e. The van der Waals surface area contributed by atoms with Crippen molar-refractivity contribution in [2.45, 2.75) is 31.7 Å². The van der Waals surface area contributed by atoms with Crippen LogP contribution in [0.1, 0.15) is 17.8 Å². The van der Waals surface area contributed by atoms with E-state index in [2.05, 4.69) is 25.3 Å². The molecule has 3 aromatic heterocycles. The summed E-state index contributed by atoms with van der Waals surface area (Å²) in [6.45, 7) is 1.72. The van der Waals surface area contributed by atoms with E-state index in [4.69, 9.17) is 4.74 Å². The molecular formula is C21H22F5N7O2S. The number of aryl methyl sites for hydroxylation is 1. The third-order valence-corrected chi connectivity index (χ3v) is 6.75. The monoisotopic (exact) mass is 531 g/mol. The average molecular weight is 532 g/mol. The van der Waals surface area contributed by atoms with E-state index in [9.17, 15) is 26.2 Å². The minimum Gasteiger partial charge on any atom is -0.479 e. The van der Waals surface area contributed by atoms with Crippen molar-refractivity contribution in [3.05, 3.63) is 41.9 Å². The topological polar surface area (TPSA) is 98.1 Å². The van der Waals surface area contributed by atoms with E-state index >= 15 is 0 Å². The maximum atomic E-state index is 14.7. The van der Waals surface area contributed by atoms with Gasteiger partial charge in [0, 0.05) is 37.9 Å². The highest BCUT2D eigenvalue weighted by Gasteiger charge is 2.37. The van der Waals surface area contributed by atoms with Crippen LogP contribution in [-0.4, -0.2) is 71.7 Å². The Balaban J connectivity index is 1.70. The number of pyridine rings is 1. The second kappa shape index (κ2) is 10.0. The van der Waals surface area contributed by atoms with Gasteiger partial charge in [0.15, 0.2) is 0 Å². The van der Waals surface area contributed by atoms with Crippen LogP contribution in [0.25, 0.3) is 17.1 Å². The van der Waals surface area contributed by atoms with Crippen molar-refractivity contribution in [2.24, 2.45) is 0 Å². The lowest BCUT2D eigenvalue weighted by Gasteiger charge is -2.33. The number of alkyl halides is 4. The number of rotatable bonds is 6. The summed E-state index contributed by atoms with van der Waals surface area (Å²) >= 11 is 0. The number of imidazole rings is 1. The van der Waals surface area contributed by atoms with Gasteiger partial charge in [0.05, 0.1) is 29.8 Å². The fourth-order valence-electron chi connectivity index (χ4n) is 3.87. The third-order valence-electron chi connectivity index (χ3n) is 5.69. The quantitative estimate of drug-likeness (QED) is 0.488. The van der Waals surface area contributed by atoms with Crippen molar-refractivity contribution in [2.75, 3.05) is 31.8 Å². The summed E-state index contributed by atoms with van der Waals surface area (Å²) in [6.07, 6.45) is -1.46. The number of nitrogens with zero attached hydrogens (tertiary/aromatic N) is 6. The first kappa shape index (κ1) is 25.9. The maximum absolute atomic E-state index is 14.7. The van der Waals surface area contributed by atoms with E-state index in [0.717, 1.165) is 0 Å². The third kappa shape index (κ3) is 5.16. The molecular weight excluding hydrogens is 509 g/mol. The Morgan fingerprint density at radius 1 is 1.25 bits per heavy atom. The van der Waals surface area contributed by atoms with Crippen molar-refractivity contribution in [3.8, 4) is 23.0 Å². The first-order valence-electron chi connectivity index (χ1n) is 10.7. The number of hydrogen-bond donors (Lipinski definition) is 1. The van der Waals surface area contributed by atoms with Crippen molar-refractivity contribution in [1.82, 2.24) is 28.8 Å². The molecule has 194 valence electrons. The van der Waals surface area contributed by atoms with Gasteiger partial charge >= 0.3 is 6.18 Å². The number of ether oxygens (including phenoxy) is 1. The Hall–Kier alpha value is -3.20. The molecule has 0 spiro atoms. The SMILES string of the molecule is COc1nccc(-n2cc(-c3nc(NC4CCN(S(C)=O)CC4F)ncc3C(F)(F)F)nc2C)c1F. The molecule has 3 unspecified atom stereocenters. The molecule has 3 aromatic rings. The van der Waals surface area contributed by atoms with Crippen molar-refractivity contribution < 1.29 is 30.9 Å². The fraction of sp³-hybridized carbons (Fsp3) is 0.429. The van der Waals surface area contributed by atoms with E-state index in [-0.39, 0.29) is 42.0 Å². The first-order valence-corrected chi connectivity index (χ1v) is 12.2. The van der Waals surface area contributed by atoms with Gasteiger partial charge in [-0.3, -0.25) is 0 Å². The normalized spacial score (nSPS) is 19.8. The number of halogens is 5. The molecule has 1 N–H and O–H groups in total. The van der Waals surface area contributed by atoms with Crippen LogP contribution in [0.5, 0.6) is 5.88 Å². The van der Waals surface area contributed by atoms with E-state index in [1.54, 1.807) is 0 Å². The lowest BCUT2D eigenvalue weighted by atomic mass is 10.1. The summed E-state index contributed by atoms with van der Waals surface area (Å²) in [5.74, 6) is -1.14. The lowest BCUT2D eigenvalue weighted by molar-refractivity contribution is -0.137. The molecule has 0 aliphatic carbocycles. The van der Waals surface area contributed by atoms with Crippen molar-refractivity contribution in [1.29, 1.82) is 0 Å². The van der Waals surface area contributed by atoms with Crippen LogP contribution in [0, 0.1) is 12.7 Å². The summed E-state index contributed by atoms with van der Waals surface area (Å²) in [5, 5.41) is 2.75. The van der Waals surface area contributed by atoms with Gasteiger partial charge in [0.1, 0.15) is 28.9 Å². The molecule has 4 rings (SSSR count). The molecule has 9 nitrogen and oxygen atoms in total. The van der Waals surface area contributed by atoms with Gasteiger partial charge in [-0.05, 0) is 19.4 Å². The zero-order chi connectivity index (χ0) is 26.2. The molecule has 15 heteroatoms. The first-order chi connectivity index (χ1) is 17.0. The average Bonchev–Trinajstić information content (AvgIpc) is 3.21. The maximum Gasteiger partial charge on any atom is 0.420 e. The van der Waals surface area contributed by atoms with Crippen LogP contribution in [-0.2, 0) is 17.2 Å². The molecule has 1 saturated heterocycles. The smallest absolute Gasteiger partial charge is 0.420 e. The number of hydrogen-bond acceptors (Lipinski definition) is 7. The van der Waals surface area contributed by atoms with Gasteiger partial charge in [-0.25, -0.2) is 32.8 Å². The summed E-state index contributed by atoms with van der Waals surface area (Å²) in [4.78, 5) is 15.7. The minimum absolute atomic E-state index is 0.0283. The van der Waals surface area contributed by atoms with Crippen LogP contribution in [0.2, 0.25) is 0 Å². The molecule has 0 saturated carbocycles. The van der Waals surface area contributed by atoms with Crippen LogP contribution in [0.4, 0.5) is 27.9 Å². The number of piperidine rings is 1.